The molecular weight excluding hydrogens is 335 g/mol. The molecule has 3 nitrogen and oxygen atoms in total. The van der Waals surface area contributed by atoms with Gasteiger partial charge in [0.2, 0.25) is 0 Å². The van der Waals surface area contributed by atoms with E-state index in [0.717, 1.165) is 4.48 Å². The Morgan fingerprint density at radius 2 is 1.94 bits per heavy atom. The average Bonchev–Trinajstić information content (AvgIpc) is 2.58. The number of benzene rings is 1. The Balaban J connectivity index is 0.00000128. The van der Waals surface area contributed by atoms with E-state index in [1.54, 1.807) is 12.1 Å². The second-order valence-electron chi connectivity index (χ2n) is 4.41. The molecule has 1 aromatic rings. The topological polar surface area (TPSA) is 29.4 Å². The maximum absolute atomic E-state index is 10.3. The molecule has 0 N–H and O–H groups in total. The van der Waals surface area contributed by atoms with Gasteiger partial charge in [0, 0.05) is 11.3 Å². The fraction of sp³-hybridized carbons (Fsp3) is 0.455. The number of nitroso groups, excluding NO2 is 1. The van der Waals surface area contributed by atoms with Crippen LogP contribution in [0.25, 0.3) is 0 Å². The van der Waals surface area contributed by atoms with Gasteiger partial charge in [-0.2, -0.15) is 0 Å². The lowest BCUT2D eigenvalue weighted by atomic mass is 10.2. The standard InChI is InChI=1S/C11H15N2OS.HI/c1-13(2)7-8-15-11(13)9-3-5-10(12-14)6-4-9;/h3-6,11H,7-8H2,1-2H3;1H/q+1;/p-1. The van der Waals surface area contributed by atoms with E-state index < -0.39 is 0 Å². The quantitative estimate of drug-likeness (QED) is 0.424. The molecule has 1 atom stereocenters. The predicted molar refractivity (Wildman–Crippen MR) is 64.1 cm³/mol. The van der Waals surface area contributed by atoms with Gasteiger partial charge in [0.15, 0.2) is 5.37 Å². The summed E-state index contributed by atoms with van der Waals surface area (Å²) in [5, 5.41) is 3.40. The second kappa shape index (κ2) is 5.46. The SMILES string of the molecule is C[N+]1(C)CCSC1c1ccc(N=O)cc1.[I-]. The maximum Gasteiger partial charge on any atom is 0.161 e. The molecule has 0 amide bonds. The minimum Gasteiger partial charge on any atom is -1.00 e. The van der Waals surface area contributed by atoms with Crippen LogP contribution in [0.3, 0.4) is 0 Å². The fourth-order valence-electron chi connectivity index (χ4n) is 1.92. The molecule has 16 heavy (non-hydrogen) atoms. The summed E-state index contributed by atoms with van der Waals surface area (Å²) in [5.41, 5.74) is 1.79. The van der Waals surface area contributed by atoms with E-state index >= 15 is 0 Å². The molecule has 0 radical (unpaired) electrons. The molecule has 1 heterocycles. The highest BCUT2D eigenvalue weighted by Crippen LogP contribution is 2.41. The van der Waals surface area contributed by atoms with Crippen LogP contribution in [0.2, 0.25) is 0 Å². The summed E-state index contributed by atoms with van der Waals surface area (Å²) in [4.78, 5) is 10.3. The predicted octanol–water partition coefficient (Wildman–Crippen LogP) is -0.0897. The van der Waals surface area contributed by atoms with Crippen LogP contribution in [-0.4, -0.2) is 30.9 Å². The first-order chi connectivity index (χ1) is 7.13. The van der Waals surface area contributed by atoms with Gasteiger partial charge in [-0.05, 0) is 29.4 Å². The number of hydrogen-bond acceptors (Lipinski definition) is 3. The van der Waals surface area contributed by atoms with Crippen LogP contribution in [0.5, 0.6) is 0 Å². The van der Waals surface area contributed by atoms with Crippen LogP contribution >= 0.6 is 11.8 Å². The highest BCUT2D eigenvalue weighted by molar-refractivity contribution is 7.99. The zero-order valence-corrected chi connectivity index (χ0v) is 12.4. The first-order valence-corrected chi connectivity index (χ1v) is 6.06. The van der Waals surface area contributed by atoms with Gasteiger partial charge in [0.05, 0.1) is 20.6 Å². The third-order valence-corrected chi connectivity index (χ3v) is 4.44. The molecule has 1 aliphatic heterocycles. The Bertz CT molecular complexity index is 367. The lowest BCUT2D eigenvalue weighted by molar-refractivity contribution is -0.898. The van der Waals surface area contributed by atoms with Crippen LogP contribution in [0, 0.1) is 4.91 Å². The van der Waals surface area contributed by atoms with E-state index in [2.05, 4.69) is 19.3 Å². The highest BCUT2D eigenvalue weighted by Gasteiger charge is 2.35. The molecule has 5 heteroatoms. The molecule has 0 saturated carbocycles. The van der Waals surface area contributed by atoms with Crippen molar-refractivity contribution in [3.8, 4) is 0 Å². The van der Waals surface area contributed by atoms with Crippen LogP contribution in [0.1, 0.15) is 10.9 Å². The molecular formula is C11H15IN2OS. The number of hydrogen-bond donors (Lipinski definition) is 0. The van der Waals surface area contributed by atoms with Crippen LogP contribution in [0.15, 0.2) is 29.4 Å². The third kappa shape index (κ3) is 2.75. The molecule has 1 fully saturated rings. The first-order valence-electron chi connectivity index (χ1n) is 5.01. The molecule has 1 aromatic carbocycles. The lowest BCUT2D eigenvalue weighted by Gasteiger charge is -2.30. The van der Waals surface area contributed by atoms with E-state index in [4.69, 9.17) is 0 Å². The van der Waals surface area contributed by atoms with Crippen molar-refractivity contribution in [3.63, 3.8) is 0 Å². The summed E-state index contributed by atoms with van der Waals surface area (Å²) in [5.74, 6) is 1.20. The van der Waals surface area contributed by atoms with Gasteiger partial charge in [0.1, 0.15) is 5.69 Å². The van der Waals surface area contributed by atoms with Gasteiger partial charge >= 0.3 is 0 Å². The summed E-state index contributed by atoms with van der Waals surface area (Å²) in [6, 6.07) is 7.61. The van der Waals surface area contributed by atoms with Gasteiger partial charge in [-0.3, -0.25) is 0 Å². The van der Waals surface area contributed by atoms with Crippen molar-refractivity contribution in [2.45, 2.75) is 5.37 Å². The number of quaternary nitrogens is 1. The number of rotatable bonds is 2. The third-order valence-electron chi connectivity index (χ3n) is 2.86. The van der Waals surface area contributed by atoms with Crippen molar-refractivity contribution in [2.24, 2.45) is 5.18 Å². The second-order valence-corrected chi connectivity index (χ2v) is 5.60. The van der Waals surface area contributed by atoms with E-state index in [0.29, 0.717) is 11.1 Å². The smallest absolute Gasteiger partial charge is 0.161 e. The van der Waals surface area contributed by atoms with Gasteiger partial charge < -0.3 is 28.5 Å². The average molecular weight is 350 g/mol. The van der Waals surface area contributed by atoms with Crippen molar-refractivity contribution in [2.75, 3.05) is 26.4 Å². The zero-order chi connectivity index (χ0) is 10.9. The van der Waals surface area contributed by atoms with Crippen LogP contribution in [-0.2, 0) is 0 Å². The van der Waals surface area contributed by atoms with E-state index in [-0.39, 0.29) is 24.0 Å². The van der Waals surface area contributed by atoms with Crippen molar-refractivity contribution < 1.29 is 28.5 Å². The van der Waals surface area contributed by atoms with Gasteiger partial charge in [-0.25, -0.2) is 0 Å². The molecule has 88 valence electrons. The Morgan fingerprint density at radius 3 is 2.38 bits per heavy atom. The summed E-state index contributed by atoms with van der Waals surface area (Å²) < 4.78 is 1.01. The van der Waals surface area contributed by atoms with Crippen molar-refractivity contribution in [1.82, 2.24) is 0 Å². The summed E-state index contributed by atoms with van der Waals surface area (Å²) in [6.07, 6.45) is 0. The summed E-state index contributed by atoms with van der Waals surface area (Å²) in [6.45, 7) is 1.20. The molecule has 0 spiro atoms. The zero-order valence-electron chi connectivity index (χ0n) is 9.39. The molecule has 1 aliphatic rings. The van der Waals surface area contributed by atoms with Crippen LogP contribution in [0.4, 0.5) is 5.69 Å². The largest absolute Gasteiger partial charge is 1.00 e. The van der Waals surface area contributed by atoms with Gasteiger partial charge in [-0.1, -0.05) is 11.8 Å². The Hall–Kier alpha value is -0.140. The van der Waals surface area contributed by atoms with Gasteiger partial charge in [0.25, 0.3) is 0 Å². The molecule has 1 saturated heterocycles. The molecule has 0 aromatic heterocycles. The highest BCUT2D eigenvalue weighted by atomic mass is 127. The van der Waals surface area contributed by atoms with E-state index in [1.807, 2.05) is 23.9 Å². The van der Waals surface area contributed by atoms with Crippen molar-refractivity contribution in [3.05, 3.63) is 34.7 Å². The van der Waals surface area contributed by atoms with Gasteiger partial charge in [-0.15, -0.1) is 4.91 Å². The summed E-state index contributed by atoms with van der Waals surface area (Å²) >= 11 is 1.98. The van der Waals surface area contributed by atoms with Crippen LogP contribution < -0.4 is 24.0 Å². The Kier molecular flexibility index (Phi) is 4.75. The normalized spacial score (nSPS) is 22.5. The maximum atomic E-state index is 10.3. The van der Waals surface area contributed by atoms with E-state index in [9.17, 15) is 4.91 Å². The Labute approximate surface area is 117 Å². The molecule has 1 unspecified atom stereocenters. The summed E-state index contributed by atoms with van der Waals surface area (Å²) in [7, 11) is 4.49. The monoisotopic (exact) mass is 350 g/mol. The number of halogens is 1. The lowest BCUT2D eigenvalue weighted by Crippen LogP contribution is -3.00. The Morgan fingerprint density at radius 1 is 1.31 bits per heavy atom. The number of thioether (sulfide) groups is 1. The fourth-order valence-corrected chi connectivity index (χ4v) is 3.58. The molecule has 2 rings (SSSR count). The minimum absolute atomic E-state index is 0. The minimum atomic E-state index is 0. The van der Waals surface area contributed by atoms with Crippen molar-refractivity contribution in [1.29, 1.82) is 0 Å². The van der Waals surface area contributed by atoms with E-state index in [1.165, 1.54) is 17.9 Å². The van der Waals surface area contributed by atoms with Crippen molar-refractivity contribution >= 4 is 17.4 Å². The number of nitrogens with zero attached hydrogens (tertiary/aromatic N) is 2. The molecule has 0 bridgehead atoms. The molecule has 0 aliphatic carbocycles. The first kappa shape index (κ1) is 13.9.